The van der Waals surface area contributed by atoms with Crippen LogP contribution in [0.25, 0.3) is 6.08 Å². The molecule has 0 radical (unpaired) electrons. The number of aliphatic carboxylic acids is 1. The Hall–Kier alpha value is -1.86. The Kier molecular flexibility index (Phi) is 5.43. The number of rotatable bonds is 5. The number of phenols is 1. The van der Waals surface area contributed by atoms with E-state index >= 15 is 0 Å². The third-order valence-corrected chi connectivity index (χ3v) is 4.64. The zero-order valence-corrected chi connectivity index (χ0v) is 14.4. The highest BCUT2D eigenvalue weighted by atomic mass is 32.2. The summed E-state index contributed by atoms with van der Waals surface area (Å²) in [6.45, 7) is 3.81. The monoisotopic (exact) mass is 351 g/mol. The summed E-state index contributed by atoms with van der Waals surface area (Å²) in [5.74, 6) is -1.18. The van der Waals surface area contributed by atoms with Crippen molar-refractivity contribution in [1.29, 1.82) is 0 Å². The van der Waals surface area contributed by atoms with Gasteiger partial charge in [0.25, 0.3) is 5.91 Å². The van der Waals surface area contributed by atoms with Crippen LogP contribution >= 0.6 is 24.0 Å². The summed E-state index contributed by atoms with van der Waals surface area (Å²) in [5, 5.41) is 18.7. The van der Waals surface area contributed by atoms with E-state index in [-0.39, 0.29) is 21.9 Å². The van der Waals surface area contributed by atoms with Gasteiger partial charge in [0.15, 0.2) is 0 Å². The van der Waals surface area contributed by atoms with Crippen molar-refractivity contribution in [2.24, 2.45) is 5.92 Å². The summed E-state index contributed by atoms with van der Waals surface area (Å²) in [7, 11) is 0. The highest BCUT2D eigenvalue weighted by Gasteiger charge is 2.40. The van der Waals surface area contributed by atoms with Gasteiger partial charge >= 0.3 is 5.97 Å². The number of benzene rings is 1. The lowest BCUT2D eigenvalue weighted by Gasteiger charge is -2.24. The third kappa shape index (κ3) is 4.11. The first-order valence-electron chi connectivity index (χ1n) is 7.08. The first-order valence-corrected chi connectivity index (χ1v) is 8.31. The summed E-state index contributed by atoms with van der Waals surface area (Å²) in [6.07, 6.45) is 1.99. The highest BCUT2D eigenvalue weighted by Crippen LogP contribution is 2.35. The molecular formula is C16H17NO4S2. The molecule has 0 aromatic heterocycles. The van der Waals surface area contributed by atoms with E-state index in [1.807, 2.05) is 13.8 Å². The number of amides is 1. The van der Waals surface area contributed by atoms with Crippen LogP contribution in [0.2, 0.25) is 0 Å². The van der Waals surface area contributed by atoms with Gasteiger partial charge in [0.2, 0.25) is 0 Å². The molecule has 1 fully saturated rings. The van der Waals surface area contributed by atoms with Crippen LogP contribution in [0.15, 0.2) is 29.2 Å². The van der Waals surface area contributed by atoms with Gasteiger partial charge in [0.05, 0.1) is 4.91 Å². The molecule has 1 heterocycles. The molecule has 1 aliphatic rings. The molecule has 1 unspecified atom stereocenters. The first-order chi connectivity index (χ1) is 10.8. The number of carboxylic acids is 1. The maximum Gasteiger partial charge on any atom is 0.326 e. The molecule has 122 valence electrons. The molecule has 1 aliphatic heterocycles. The topological polar surface area (TPSA) is 77.8 Å². The minimum Gasteiger partial charge on any atom is -0.508 e. The van der Waals surface area contributed by atoms with Crippen LogP contribution in [0, 0.1) is 5.92 Å². The van der Waals surface area contributed by atoms with Crippen molar-refractivity contribution in [2.45, 2.75) is 26.3 Å². The van der Waals surface area contributed by atoms with Crippen molar-refractivity contribution in [3.05, 3.63) is 34.7 Å². The number of hydrogen-bond acceptors (Lipinski definition) is 5. The van der Waals surface area contributed by atoms with E-state index in [0.717, 1.165) is 17.3 Å². The van der Waals surface area contributed by atoms with Crippen molar-refractivity contribution < 1.29 is 19.8 Å². The lowest BCUT2D eigenvalue weighted by molar-refractivity contribution is -0.145. The number of phenolic OH excluding ortho intramolecular Hbond substituents is 1. The van der Waals surface area contributed by atoms with Gasteiger partial charge < -0.3 is 10.2 Å². The summed E-state index contributed by atoms with van der Waals surface area (Å²) in [5.41, 5.74) is 0.735. The smallest absolute Gasteiger partial charge is 0.326 e. The Labute approximate surface area is 144 Å². The van der Waals surface area contributed by atoms with Gasteiger partial charge in [0, 0.05) is 0 Å². The van der Waals surface area contributed by atoms with E-state index in [9.17, 15) is 19.8 Å². The molecule has 2 rings (SSSR count). The molecule has 1 amide bonds. The molecule has 23 heavy (non-hydrogen) atoms. The second kappa shape index (κ2) is 7.14. The fourth-order valence-corrected chi connectivity index (χ4v) is 3.59. The Balaban J connectivity index is 2.28. The van der Waals surface area contributed by atoms with E-state index in [4.69, 9.17) is 12.2 Å². The van der Waals surface area contributed by atoms with Crippen LogP contribution < -0.4 is 0 Å². The number of carbonyl (C=O) groups excluding carboxylic acids is 1. The molecule has 1 saturated heterocycles. The van der Waals surface area contributed by atoms with E-state index in [1.165, 1.54) is 17.0 Å². The van der Waals surface area contributed by atoms with E-state index in [2.05, 4.69) is 0 Å². The molecule has 0 aliphatic carbocycles. The van der Waals surface area contributed by atoms with Crippen molar-refractivity contribution in [1.82, 2.24) is 4.90 Å². The molecule has 1 aromatic carbocycles. The van der Waals surface area contributed by atoms with Gasteiger partial charge in [-0.05, 0) is 36.1 Å². The summed E-state index contributed by atoms with van der Waals surface area (Å²) in [4.78, 5) is 25.6. The zero-order valence-electron chi connectivity index (χ0n) is 12.7. The Morgan fingerprint density at radius 2 is 1.96 bits per heavy atom. The van der Waals surface area contributed by atoms with Crippen LogP contribution in [-0.4, -0.2) is 37.4 Å². The summed E-state index contributed by atoms with van der Waals surface area (Å²) in [6, 6.07) is 5.43. The Morgan fingerprint density at radius 1 is 1.35 bits per heavy atom. The molecular weight excluding hydrogens is 334 g/mol. The molecule has 2 N–H and O–H groups in total. The minimum absolute atomic E-state index is 0.127. The molecule has 1 atom stereocenters. The maximum atomic E-state index is 12.6. The van der Waals surface area contributed by atoms with E-state index < -0.39 is 12.0 Å². The SMILES string of the molecule is CC(C)CC(C(=O)O)N1C(=O)C(=Cc2ccc(O)cc2)SC1=S. The van der Waals surface area contributed by atoms with Crippen molar-refractivity contribution >= 4 is 46.3 Å². The molecule has 1 aromatic rings. The van der Waals surface area contributed by atoms with Gasteiger partial charge in [-0.3, -0.25) is 9.69 Å². The van der Waals surface area contributed by atoms with Crippen LogP contribution in [-0.2, 0) is 9.59 Å². The second-order valence-corrected chi connectivity index (χ2v) is 7.30. The molecule has 0 bridgehead atoms. The fourth-order valence-electron chi connectivity index (χ4n) is 2.23. The summed E-state index contributed by atoms with van der Waals surface area (Å²) >= 11 is 6.30. The molecule has 7 heteroatoms. The van der Waals surface area contributed by atoms with Gasteiger partial charge in [-0.2, -0.15) is 0 Å². The average molecular weight is 351 g/mol. The Morgan fingerprint density at radius 3 is 2.48 bits per heavy atom. The molecule has 0 saturated carbocycles. The standard InChI is InChI=1S/C16H17NO4S2/c1-9(2)7-12(15(20)21)17-14(19)13(23-16(17)22)8-10-3-5-11(18)6-4-10/h3-6,8-9,12,18H,7H2,1-2H3,(H,20,21). The first kappa shape index (κ1) is 17.5. The van der Waals surface area contributed by atoms with Crippen LogP contribution in [0.3, 0.4) is 0 Å². The van der Waals surface area contributed by atoms with Gasteiger partial charge in [-0.25, -0.2) is 4.79 Å². The van der Waals surface area contributed by atoms with E-state index in [0.29, 0.717) is 11.3 Å². The van der Waals surface area contributed by atoms with Gasteiger partial charge in [0.1, 0.15) is 16.1 Å². The van der Waals surface area contributed by atoms with E-state index in [1.54, 1.807) is 18.2 Å². The maximum absolute atomic E-state index is 12.6. The number of carbonyl (C=O) groups is 2. The van der Waals surface area contributed by atoms with Crippen molar-refractivity contribution in [2.75, 3.05) is 0 Å². The second-order valence-electron chi connectivity index (χ2n) is 5.63. The predicted octanol–water partition coefficient (Wildman–Crippen LogP) is 3.09. The summed E-state index contributed by atoms with van der Waals surface area (Å²) < 4.78 is 0.257. The number of thiocarbonyl (C=S) groups is 1. The van der Waals surface area contributed by atoms with Crippen LogP contribution in [0.4, 0.5) is 0 Å². The molecule has 5 nitrogen and oxygen atoms in total. The van der Waals surface area contributed by atoms with Gasteiger partial charge in [-0.1, -0.05) is 50.0 Å². The zero-order chi connectivity index (χ0) is 17.1. The third-order valence-electron chi connectivity index (χ3n) is 3.31. The number of nitrogens with zero attached hydrogens (tertiary/aromatic N) is 1. The lowest BCUT2D eigenvalue weighted by atomic mass is 10.0. The minimum atomic E-state index is -1.05. The van der Waals surface area contributed by atoms with Crippen LogP contribution in [0.1, 0.15) is 25.8 Å². The molecule has 0 spiro atoms. The lowest BCUT2D eigenvalue weighted by Crippen LogP contribution is -2.44. The predicted molar refractivity (Wildman–Crippen MR) is 94.0 cm³/mol. The number of hydrogen-bond donors (Lipinski definition) is 2. The average Bonchev–Trinajstić information content (AvgIpc) is 2.73. The fraction of sp³-hybridized carbons (Fsp3) is 0.312. The quantitative estimate of drug-likeness (QED) is 0.627. The van der Waals surface area contributed by atoms with Gasteiger partial charge in [-0.15, -0.1) is 0 Å². The number of aromatic hydroxyl groups is 1. The van der Waals surface area contributed by atoms with Crippen LogP contribution in [0.5, 0.6) is 5.75 Å². The van der Waals surface area contributed by atoms with Crippen molar-refractivity contribution in [3.63, 3.8) is 0 Å². The number of carboxylic acid groups (broad SMARTS) is 1. The Bertz CT molecular complexity index is 667. The number of thioether (sulfide) groups is 1. The van der Waals surface area contributed by atoms with Crippen molar-refractivity contribution in [3.8, 4) is 5.75 Å². The largest absolute Gasteiger partial charge is 0.508 e. The highest BCUT2D eigenvalue weighted by molar-refractivity contribution is 8.26. The normalized spacial score (nSPS) is 18.0.